The number of hydrogen-bond donors (Lipinski definition) is 1. The second kappa shape index (κ2) is 5.07. The van der Waals surface area contributed by atoms with E-state index in [1.165, 1.54) is 0 Å². The normalized spacial score (nSPS) is 10.2. The van der Waals surface area contributed by atoms with Gasteiger partial charge in [-0.25, -0.2) is 4.84 Å². The van der Waals surface area contributed by atoms with Crippen molar-refractivity contribution in [2.75, 3.05) is 6.54 Å². The standard InChI is InChI=1S/C8H8BrCl2N/c9-7-2-1-6(3-4-12-11)8(10)5-7/h1-2,5,12H,3-4H2. The second-order valence-electron chi connectivity index (χ2n) is 2.37. The molecule has 1 nitrogen and oxygen atoms in total. The molecule has 4 heteroatoms. The van der Waals surface area contributed by atoms with Crippen LogP contribution in [0, 0.1) is 0 Å². The Morgan fingerprint density at radius 2 is 2.17 bits per heavy atom. The molecule has 0 bridgehead atoms. The fraction of sp³-hybridized carbons (Fsp3) is 0.250. The lowest BCUT2D eigenvalue weighted by atomic mass is 10.1. The zero-order chi connectivity index (χ0) is 8.97. The maximum atomic E-state index is 5.96. The van der Waals surface area contributed by atoms with Crippen LogP contribution in [0.3, 0.4) is 0 Å². The van der Waals surface area contributed by atoms with Gasteiger partial charge in [-0.2, -0.15) is 0 Å². The van der Waals surface area contributed by atoms with Crippen molar-refractivity contribution in [2.24, 2.45) is 0 Å². The Balaban J connectivity index is 2.72. The summed E-state index contributed by atoms with van der Waals surface area (Å²) in [7, 11) is 0. The fourth-order valence-electron chi connectivity index (χ4n) is 0.906. The van der Waals surface area contributed by atoms with Gasteiger partial charge in [-0.15, -0.1) is 0 Å². The Labute approximate surface area is 90.3 Å². The Morgan fingerprint density at radius 3 is 2.75 bits per heavy atom. The third-order valence-corrected chi connectivity index (χ3v) is 2.54. The maximum Gasteiger partial charge on any atom is 0.0449 e. The molecule has 0 aromatic heterocycles. The number of hydrogen-bond acceptors (Lipinski definition) is 1. The summed E-state index contributed by atoms with van der Waals surface area (Å²) in [6.07, 6.45) is 0.843. The summed E-state index contributed by atoms with van der Waals surface area (Å²) in [5, 5.41) is 0.774. The lowest BCUT2D eigenvalue weighted by Crippen LogP contribution is -2.04. The molecule has 1 aromatic carbocycles. The molecule has 0 atom stereocenters. The first-order chi connectivity index (χ1) is 5.74. The highest BCUT2D eigenvalue weighted by molar-refractivity contribution is 9.10. The molecule has 1 N–H and O–H groups in total. The first kappa shape index (κ1) is 10.3. The monoisotopic (exact) mass is 267 g/mol. The molecule has 1 aromatic rings. The van der Waals surface area contributed by atoms with E-state index in [-0.39, 0.29) is 0 Å². The average Bonchev–Trinajstić information content (AvgIpc) is 2.03. The summed E-state index contributed by atoms with van der Waals surface area (Å²) in [4.78, 5) is 2.56. The summed E-state index contributed by atoms with van der Waals surface area (Å²) >= 11 is 14.6. The van der Waals surface area contributed by atoms with Crippen LogP contribution in [0.15, 0.2) is 22.7 Å². The van der Waals surface area contributed by atoms with Crippen molar-refractivity contribution in [1.29, 1.82) is 0 Å². The van der Waals surface area contributed by atoms with E-state index in [4.69, 9.17) is 23.4 Å². The zero-order valence-corrected chi connectivity index (χ0v) is 9.38. The molecule has 0 aliphatic carbocycles. The highest BCUT2D eigenvalue weighted by atomic mass is 79.9. The van der Waals surface area contributed by atoms with Gasteiger partial charge in [0.15, 0.2) is 0 Å². The van der Waals surface area contributed by atoms with Gasteiger partial charge in [-0.3, -0.25) is 0 Å². The summed E-state index contributed by atoms with van der Waals surface area (Å²) in [5.41, 5.74) is 1.10. The molecule has 0 fully saturated rings. The minimum Gasteiger partial charge on any atom is -0.233 e. The van der Waals surface area contributed by atoms with E-state index in [0.29, 0.717) is 0 Å². The van der Waals surface area contributed by atoms with Gasteiger partial charge in [0.05, 0.1) is 0 Å². The third-order valence-electron chi connectivity index (χ3n) is 1.50. The van der Waals surface area contributed by atoms with E-state index in [0.717, 1.165) is 28.0 Å². The number of benzene rings is 1. The molecule has 1 rings (SSSR count). The minimum atomic E-state index is 0.725. The van der Waals surface area contributed by atoms with Crippen molar-refractivity contribution >= 4 is 39.3 Å². The van der Waals surface area contributed by atoms with E-state index >= 15 is 0 Å². The van der Waals surface area contributed by atoms with Crippen molar-refractivity contribution in [1.82, 2.24) is 4.84 Å². The van der Waals surface area contributed by atoms with Crippen LogP contribution in [-0.2, 0) is 6.42 Å². The van der Waals surface area contributed by atoms with Gasteiger partial charge < -0.3 is 0 Å². The molecule has 0 saturated heterocycles. The van der Waals surface area contributed by atoms with Crippen LogP contribution in [0.1, 0.15) is 5.56 Å². The lowest BCUT2D eigenvalue weighted by Gasteiger charge is -2.02. The zero-order valence-electron chi connectivity index (χ0n) is 6.28. The molecule has 0 amide bonds. The van der Waals surface area contributed by atoms with E-state index in [9.17, 15) is 0 Å². The van der Waals surface area contributed by atoms with Gasteiger partial charge in [-0.05, 0) is 35.9 Å². The van der Waals surface area contributed by atoms with Gasteiger partial charge in [-0.1, -0.05) is 33.6 Å². The number of halogens is 3. The quantitative estimate of drug-likeness (QED) is 0.829. The van der Waals surface area contributed by atoms with Crippen molar-refractivity contribution in [2.45, 2.75) is 6.42 Å². The molecular weight excluding hydrogens is 261 g/mol. The third kappa shape index (κ3) is 2.94. The highest BCUT2D eigenvalue weighted by Gasteiger charge is 1.99. The Hall–Kier alpha value is 0.240. The SMILES string of the molecule is ClNCCc1ccc(Br)cc1Cl. The Bertz CT molecular complexity index is 265. The van der Waals surface area contributed by atoms with E-state index in [2.05, 4.69) is 20.8 Å². The summed E-state index contributed by atoms with van der Waals surface area (Å²) in [6, 6.07) is 5.83. The predicted molar refractivity (Wildman–Crippen MR) is 56.7 cm³/mol. The predicted octanol–water partition coefficient (Wildman–Crippen LogP) is 3.39. The molecule has 12 heavy (non-hydrogen) atoms. The number of rotatable bonds is 3. The summed E-state index contributed by atoms with van der Waals surface area (Å²) in [6.45, 7) is 0.725. The molecule has 0 radical (unpaired) electrons. The van der Waals surface area contributed by atoms with Crippen LogP contribution in [0.5, 0.6) is 0 Å². The van der Waals surface area contributed by atoms with Gasteiger partial charge >= 0.3 is 0 Å². The van der Waals surface area contributed by atoms with Gasteiger partial charge in [0.25, 0.3) is 0 Å². The van der Waals surface area contributed by atoms with Crippen LogP contribution < -0.4 is 4.84 Å². The molecule has 0 unspecified atom stereocenters. The van der Waals surface area contributed by atoms with Gasteiger partial charge in [0.1, 0.15) is 0 Å². The van der Waals surface area contributed by atoms with E-state index < -0.39 is 0 Å². The van der Waals surface area contributed by atoms with Crippen LogP contribution in [0.25, 0.3) is 0 Å². The van der Waals surface area contributed by atoms with Crippen molar-refractivity contribution in [3.8, 4) is 0 Å². The van der Waals surface area contributed by atoms with Crippen molar-refractivity contribution in [3.05, 3.63) is 33.3 Å². The van der Waals surface area contributed by atoms with E-state index in [1.807, 2.05) is 18.2 Å². The molecule has 0 spiro atoms. The maximum absolute atomic E-state index is 5.96. The van der Waals surface area contributed by atoms with Crippen molar-refractivity contribution in [3.63, 3.8) is 0 Å². The van der Waals surface area contributed by atoms with Crippen LogP contribution in [-0.4, -0.2) is 6.54 Å². The molecule has 0 heterocycles. The van der Waals surface area contributed by atoms with Gasteiger partial charge in [0.2, 0.25) is 0 Å². The molecule has 66 valence electrons. The van der Waals surface area contributed by atoms with E-state index in [1.54, 1.807) is 0 Å². The van der Waals surface area contributed by atoms with Crippen LogP contribution in [0.4, 0.5) is 0 Å². The first-order valence-corrected chi connectivity index (χ1v) is 5.06. The number of nitrogens with one attached hydrogen (secondary N) is 1. The Kier molecular flexibility index (Phi) is 4.36. The highest BCUT2D eigenvalue weighted by Crippen LogP contribution is 2.21. The second-order valence-corrected chi connectivity index (χ2v) is 3.96. The molecule has 0 aliphatic rings. The summed E-state index contributed by atoms with van der Waals surface area (Å²) < 4.78 is 0.995. The van der Waals surface area contributed by atoms with Crippen LogP contribution >= 0.6 is 39.3 Å². The topological polar surface area (TPSA) is 12.0 Å². The first-order valence-electron chi connectivity index (χ1n) is 3.51. The average molecular weight is 269 g/mol. The van der Waals surface area contributed by atoms with Crippen molar-refractivity contribution < 1.29 is 0 Å². The molecule has 0 saturated carbocycles. The molecular formula is C8H8BrCl2N. The van der Waals surface area contributed by atoms with Gasteiger partial charge in [0, 0.05) is 16.0 Å². The Morgan fingerprint density at radius 1 is 1.42 bits per heavy atom. The molecule has 0 aliphatic heterocycles. The summed E-state index contributed by atoms with van der Waals surface area (Å²) in [5.74, 6) is 0. The lowest BCUT2D eigenvalue weighted by molar-refractivity contribution is 0.899. The van der Waals surface area contributed by atoms with Crippen LogP contribution in [0.2, 0.25) is 5.02 Å². The minimum absolute atomic E-state index is 0.725. The largest absolute Gasteiger partial charge is 0.233 e. The smallest absolute Gasteiger partial charge is 0.0449 e. The fourth-order valence-corrected chi connectivity index (χ4v) is 1.77.